The molecule has 0 saturated carbocycles. The Bertz CT molecular complexity index is 359. The second-order valence-electron chi connectivity index (χ2n) is 4.65. The molecule has 1 rings (SSSR count). The van der Waals surface area contributed by atoms with E-state index in [0.29, 0.717) is 5.56 Å². The van der Waals surface area contributed by atoms with Crippen LogP contribution >= 0.6 is 0 Å². The van der Waals surface area contributed by atoms with Crippen LogP contribution in [0.15, 0.2) is 24.3 Å². The molecule has 0 saturated heterocycles. The van der Waals surface area contributed by atoms with Crippen molar-refractivity contribution in [2.24, 2.45) is 0 Å². The first-order valence-electron chi connectivity index (χ1n) is 6.77. The largest absolute Gasteiger partial charge is 0.508 e. The maximum Gasteiger partial charge on any atom is 0.251 e. The highest BCUT2D eigenvalue weighted by Gasteiger charge is 2.12. The minimum atomic E-state index is -0.0513. The number of amides is 1. The Morgan fingerprint density at radius 3 is 2.39 bits per heavy atom. The zero-order chi connectivity index (χ0) is 13.4. The number of carbonyl (C=O) groups is 1. The molecule has 2 N–H and O–H groups in total. The van der Waals surface area contributed by atoms with Gasteiger partial charge in [-0.2, -0.15) is 0 Å². The first-order valence-corrected chi connectivity index (χ1v) is 6.77. The molecule has 18 heavy (non-hydrogen) atoms. The molecule has 1 amide bonds. The standard InChI is InChI=1S/C15H23NO2/c1-3-5-7-13(6-4-2)16-15(18)12-8-10-14(17)11-9-12/h8-11,13,17H,3-7H2,1-2H3,(H,16,18). The third kappa shape index (κ3) is 4.78. The van der Waals surface area contributed by atoms with E-state index in [1.807, 2.05) is 0 Å². The number of phenols is 1. The minimum absolute atomic E-state index is 0.0513. The average Bonchev–Trinajstić information content (AvgIpc) is 2.37. The molecule has 0 fully saturated rings. The Hall–Kier alpha value is -1.51. The predicted molar refractivity (Wildman–Crippen MR) is 73.8 cm³/mol. The molecular formula is C15H23NO2. The summed E-state index contributed by atoms with van der Waals surface area (Å²) in [6.07, 6.45) is 5.41. The molecule has 100 valence electrons. The summed E-state index contributed by atoms with van der Waals surface area (Å²) in [4.78, 5) is 12.0. The zero-order valence-electron chi connectivity index (χ0n) is 11.3. The Morgan fingerprint density at radius 2 is 1.83 bits per heavy atom. The lowest BCUT2D eigenvalue weighted by Crippen LogP contribution is -2.34. The van der Waals surface area contributed by atoms with Gasteiger partial charge < -0.3 is 10.4 Å². The van der Waals surface area contributed by atoms with Crippen LogP contribution in [0.4, 0.5) is 0 Å². The Morgan fingerprint density at radius 1 is 1.17 bits per heavy atom. The monoisotopic (exact) mass is 249 g/mol. The van der Waals surface area contributed by atoms with Gasteiger partial charge in [0.2, 0.25) is 0 Å². The maximum absolute atomic E-state index is 12.0. The van der Waals surface area contributed by atoms with Gasteiger partial charge in [-0.1, -0.05) is 33.1 Å². The van der Waals surface area contributed by atoms with Crippen molar-refractivity contribution in [3.05, 3.63) is 29.8 Å². The molecule has 0 aliphatic heterocycles. The number of carbonyl (C=O) groups excluding carboxylic acids is 1. The van der Waals surface area contributed by atoms with Crippen LogP contribution in [0, 0.1) is 0 Å². The van der Waals surface area contributed by atoms with E-state index in [-0.39, 0.29) is 17.7 Å². The highest BCUT2D eigenvalue weighted by atomic mass is 16.3. The van der Waals surface area contributed by atoms with E-state index in [0.717, 1.165) is 32.1 Å². The van der Waals surface area contributed by atoms with E-state index >= 15 is 0 Å². The van der Waals surface area contributed by atoms with Gasteiger partial charge in [0.05, 0.1) is 0 Å². The molecule has 1 aromatic carbocycles. The predicted octanol–water partition coefficient (Wildman–Crippen LogP) is 3.48. The fourth-order valence-corrected chi connectivity index (χ4v) is 1.97. The summed E-state index contributed by atoms with van der Waals surface area (Å²) in [6, 6.07) is 6.63. The van der Waals surface area contributed by atoms with Crippen molar-refractivity contribution in [2.75, 3.05) is 0 Å². The molecule has 1 atom stereocenters. The number of aromatic hydroxyl groups is 1. The van der Waals surface area contributed by atoms with Crippen LogP contribution in [0.5, 0.6) is 5.75 Å². The van der Waals surface area contributed by atoms with E-state index in [2.05, 4.69) is 19.2 Å². The molecule has 3 heteroatoms. The lowest BCUT2D eigenvalue weighted by atomic mass is 10.0. The highest BCUT2D eigenvalue weighted by molar-refractivity contribution is 5.94. The van der Waals surface area contributed by atoms with Gasteiger partial charge in [0.25, 0.3) is 5.91 Å². The van der Waals surface area contributed by atoms with Gasteiger partial charge in [-0.05, 0) is 37.1 Å². The molecule has 0 aliphatic rings. The van der Waals surface area contributed by atoms with Crippen LogP contribution in [-0.2, 0) is 0 Å². The van der Waals surface area contributed by atoms with Crippen molar-refractivity contribution in [1.82, 2.24) is 5.32 Å². The molecule has 1 unspecified atom stereocenters. The van der Waals surface area contributed by atoms with Crippen molar-refractivity contribution in [3.8, 4) is 5.75 Å². The Kier molecular flexibility index (Phi) is 6.26. The second kappa shape index (κ2) is 7.75. The number of nitrogens with one attached hydrogen (secondary N) is 1. The number of unbranched alkanes of at least 4 members (excludes halogenated alkanes) is 1. The summed E-state index contributed by atoms with van der Waals surface area (Å²) in [5, 5.41) is 12.3. The first kappa shape index (κ1) is 14.6. The molecule has 0 spiro atoms. The minimum Gasteiger partial charge on any atom is -0.508 e. The highest BCUT2D eigenvalue weighted by Crippen LogP contribution is 2.11. The summed E-state index contributed by atoms with van der Waals surface area (Å²) < 4.78 is 0. The molecule has 0 aromatic heterocycles. The molecule has 0 aliphatic carbocycles. The smallest absolute Gasteiger partial charge is 0.251 e. The average molecular weight is 249 g/mol. The van der Waals surface area contributed by atoms with E-state index in [1.54, 1.807) is 12.1 Å². The molecule has 0 bridgehead atoms. The number of hydrogen-bond acceptors (Lipinski definition) is 2. The van der Waals surface area contributed by atoms with Gasteiger partial charge in [-0.25, -0.2) is 0 Å². The lowest BCUT2D eigenvalue weighted by molar-refractivity contribution is 0.0932. The van der Waals surface area contributed by atoms with Gasteiger partial charge >= 0.3 is 0 Å². The Labute approximate surface area is 109 Å². The summed E-state index contributed by atoms with van der Waals surface area (Å²) in [5.74, 6) is 0.132. The van der Waals surface area contributed by atoms with E-state index in [1.165, 1.54) is 12.1 Å². The number of hydrogen-bond donors (Lipinski definition) is 2. The lowest BCUT2D eigenvalue weighted by Gasteiger charge is -2.17. The van der Waals surface area contributed by atoms with Crippen molar-refractivity contribution in [2.45, 2.75) is 52.0 Å². The maximum atomic E-state index is 12.0. The summed E-state index contributed by atoms with van der Waals surface area (Å²) in [7, 11) is 0. The topological polar surface area (TPSA) is 49.3 Å². The molecule has 0 radical (unpaired) electrons. The summed E-state index contributed by atoms with van der Waals surface area (Å²) in [6.45, 7) is 4.29. The van der Waals surface area contributed by atoms with E-state index in [4.69, 9.17) is 0 Å². The third-order valence-corrected chi connectivity index (χ3v) is 3.01. The van der Waals surface area contributed by atoms with E-state index in [9.17, 15) is 9.90 Å². The Balaban J connectivity index is 2.56. The van der Waals surface area contributed by atoms with Crippen molar-refractivity contribution < 1.29 is 9.90 Å². The van der Waals surface area contributed by atoms with Crippen LogP contribution < -0.4 is 5.32 Å². The van der Waals surface area contributed by atoms with Crippen LogP contribution in [0.1, 0.15) is 56.3 Å². The van der Waals surface area contributed by atoms with Crippen LogP contribution in [-0.4, -0.2) is 17.1 Å². The first-order chi connectivity index (χ1) is 8.67. The second-order valence-corrected chi connectivity index (χ2v) is 4.65. The van der Waals surface area contributed by atoms with Gasteiger partial charge in [0, 0.05) is 11.6 Å². The van der Waals surface area contributed by atoms with Crippen molar-refractivity contribution >= 4 is 5.91 Å². The number of benzene rings is 1. The zero-order valence-corrected chi connectivity index (χ0v) is 11.3. The molecule has 3 nitrogen and oxygen atoms in total. The van der Waals surface area contributed by atoms with Crippen LogP contribution in [0.3, 0.4) is 0 Å². The van der Waals surface area contributed by atoms with Crippen LogP contribution in [0.2, 0.25) is 0 Å². The number of rotatable bonds is 7. The van der Waals surface area contributed by atoms with Crippen molar-refractivity contribution in [3.63, 3.8) is 0 Å². The van der Waals surface area contributed by atoms with Gasteiger partial charge in [-0.3, -0.25) is 4.79 Å². The van der Waals surface area contributed by atoms with Gasteiger partial charge in [-0.15, -0.1) is 0 Å². The quantitative estimate of drug-likeness (QED) is 0.777. The molecule has 1 aromatic rings. The van der Waals surface area contributed by atoms with Crippen molar-refractivity contribution in [1.29, 1.82) is 0 Å². The fourth-order valence-electron chi connectivity index (χ4n) is 1.97. The number of phenolic OH excluding ortho intramolecular Hbond substituents is 1. The van der Waals surface area contributed by atoms with Crippen LogP contribution in [0.25, 0.3) is 0 Å². The third-order valence-electron chi connectivity index (χ3n) is 3.01. The van der Waals surface area contributed by atoms with E-state index < -0.39 is 0 Å². The normalized spacial score (nSPS) is 12.1. The van der Waals surface area contributed by atoms with Gasteiger partial charge in [0.15, 0.2) is 0 Å². The molecular weight excluding hydrogens is 226 g/mol. The molecule has 0 heterocycles. The van der Waals surface area contributed by atoms with Gasteiger partial charge in [0.1, 0.15) is 5.75 Å². The SMILES string of the molecule is CCCCC(CCC)NC(=O)c1ccc(O)cc1. The summed E-state index contributed by atoms with van der Waals surface area (Å²) >= 11 is 0. The fraction of sp³-hybridized carbons (Fsp3) is 0.533. The summed E-state index contributed by atoms with van der Waals surface area (Å²) in [5.41, 5.74) is 0.602.